The summed E-state index contributed by atoms with van der Waals surface area (Å²) in [5.74, 6) is -0.206. The molecule has 0 fully saturated rings. The number of hydrogen-bond acceptors (Lipinski definition) is 7. The number of ether oxygens (including phenoxy) is 3. The Kier molecular flexibility index (Phi) is 6.13. The topological polar surface area (TPSA) is 109 Å². The first-order valence-electron chi connectivity index (χ1n) is 11.0. The van der Waals surface area contributed by atoms with Crippen LogP contribution in [0.5, 0.6) is 11.5 Å². The number of amides is 1. The summed E-state index contributed by atoms with van der Waals surface area (Å²) in [6.45, 7) is 0.552. The van der Waals surface area contributed by atoms with Crippen molar-refractivity contribution >= 4 is 28.3 Å². The summed E-state index contributed by atoms with van der Waals surface area (Å²) >= 11 is 0. The van der Waals surface area contributed by atoms with Gasteiger partial charge in [0.05, 0.1) is 24.3 Å². The second-order valence-corrected chi connectivity index (χ2v) is 7.78. The zero-order chi connectivity index (χ0) is 24.2. The number of para-hydroxylation sites is 1. The highest BCUT2D eigenvalue weighted by Gasteiger charge is 2.20. The number of aromatic nitrogens is 2. The van der Waals surface area contributed by atoms with Crippen LogP contribution < -0.4 is 20.3 Å². The Hall–Kier alpha value is -4.66. The van der Waals surface area contributed by atoms with Gasteiger partial charge in [-0.25, -0.2) is 4.79 Å². The van der Waals surface area contributed by atoms with Gasteiger partial charge in [-0.3, -0.25) is 9.59 Å². The van der Waals surface area contributed by atoms with Crippen LogP contribution in [0.25, 0.3) is 16.5 Å². The lowest BCUT2D eigenvalue weighted by atomic mass is 10.1. The molecule has 9 nitrogen and oxygen atoms in total. The highest BCUT2D eigenvalue weighted by atomic mass is 16.5. The fraction of sp³-hybridized carbons (Fsp3) is 0.154. The molecule has 9 heteroatoms. The molecule has 0 radical (unpaired) electrons. The molecule has 0 spiro atoms. The lowest BCUT2D eigenvalue weighted by molar-refractivity contribution is -0.119. The van der Waals surface area contributed by atoms with Crippen LogP contribution in [-0.2, 0) is 9.53 Å². The SMILES string of the molecule is O=C(COC(=O)c1nn(-c2ccccc2)c(=O)c2ccccc12)Nc1ccc2c(c1)OCCCO2. The lowest BCUT2D eigenvalue weighted by Gasteiger charge is -2.12. The van der Waals surface area contributed by atoms with Gasteiger partial charge in [-0.05, 0) is 30.3 Å². The van der Waals surface area contributed by atoms with Crippen molar-refractivity contribution in [1.29, 1.82) is 0 Å². The Morgan fingerprint density at radius 1 is 0.914 bits per heavy atom. The summed E-state index contributed by atoms with van der Waals surface area (Å²) in [7, 11) is 0. The fourth-order valence-corrected chi connectivity index (χ4v) is 3.72. The molecular weight excluding hydrogens is 450 g/mol. The lowest BCUT2D eigenvalue weighted by Crippen LogP contribution is -2.26. The van der Waals surface area contributed by atoms with Crippen LogP contribution in [0.3, 0.4) is 0 Å². The maximum Gasteiger partial charge on any atom is 0.359 e. The number of nitrogens with one attached hydrogen (secondary N) is 1. The van der Waals surface area contributed by atoms with Gasteiger partial charge in [0.2, 0.25) is 0 Å². The van der Waals surface area contributed by atoms with E-state index < -0.39 is 18.5 Å². The molecule has 1 amide bonds. The summed E-state index contributed by atoms with van der Waals surface area (Å²) < 4.78 is 17.6. The standard InChI is InChI=1S/C26H21N3O6/c30-23(27-17-11-12-21-22(15-17)34-14-6-13-33-21)16-35-26(32)24-19-9-4-5-10-20(19)25(31)29(28-24)18-7-2-1-3-8-18/h1-5,7-12,15H,6,13-14,16H2,(H,27,30). The quantitative estimate of drug-likeness (QED) is 0.445. The smallest absolute Gasteiger partial charge is 0.359 e. The molecule has 0 saturated heterocycles. The third kappa shape index (κ3) is 4.70. The van der Waals surface area contributed by atoms with Gasteiger partial charge in [-0.1, -0.05) is 36.4 Å². The van der Waals surface area contributed by atoms with Crippen LogP contribution in [0.1, 0.15) is 16.9 Å². The minimum atomic E-state index is -0.820. The maximum atomic E-state index is 13.0. The third-order valence-corrected chi connectivity index (χ3v) is 5.36. The zero-order valence-electron chi connectivity index (χ0n) is 18.6. The van der Waals surface area contributed by atoms with Crippen molar-refractivity contribution in [2.75, 3.05) is 25.1 Å². The fourth-order valence-electron chi connectivity index (χ4n) is 3.72. The molecule has 2 heterocycles. The number of anilines is 1. The molecule has 0 aliphatic carbocycles. The van der Waals surface area contributed by atoms with E-state index in [1.807, 2.05) is 6.07 Å². The van der Waals surface area contributed by atoms with Gasteiger partial charge in [-0.2, -0.15) is 9.78 Å². The van der Waals surface area contributed by atoms with Gasteiger partial charge < -0.3 is 19.5 Å². The largest absolute Gasteiger partial charge is 0.490 e. The average Bonchev–Trinajstić information content (AvgIpc) is 3.13. The molecule has 0 bridgehead atoms. The summed E-state index contributed by atoms with van der Waals surface area (Å²) in [5.41, 5.74) is 0.559. The van der Waals surface area contributed by atoms with E-state index in [4.69, 9.17) is 14.2 Å². The van der Waals surface area contributed by atoms with Gasteiger partial charge in [-0.15, -0.1) is 0 Å². The molecule has 176 valence electrons. The number of benzene rings is 3. The first-order chi connectivity index (χ1) is 17.1. The Morgan fingerprint density at radius 3 is 2.43 bits per heavy atom. The van der Waals surface area contributed by atoms with Crippen LogP contribution in [0.15, 0.2) is 77.6 Å². The monoisotopic (exact) mass is 471 g/mol. The Bertz CT molecular complexity index is 1470. The molecule has 5 rings (SSSR count). The number of hydrogen-bond donors (Lipinski definition) is 1. The molecule has 1 aliphatic rings. The second-order valence-electron chi connectivity index (χ2n) is 7.78. The summed E-state index contributed by atoms with van der Waals surface area (Å²) in [6, 6.07) is 20.4. The number of carbonyl (C=O) groups is 2. The van der Waals surface area contributed by atoms with E-state index in [0.29, 0.717) is 46.9 Å². The minimum absolute atomic E-state index is 0.0626. The molecule has 0 unspecified atom stereocenters. The van der Waals surface area contributed by atoms with E-state index in [1.165, 1.54) is 0 Å². The number of fused-ring (bicyclic) bond motifs is 2. The maximum absolute atomic E-state index is 13.0. The number of carbonyl (C=O) groups excluding carboxylic acids is 2. The van der Waals surface area contributed by atoms with E-state index in [1.54, 1.807) is 66.7 Å². The molecule has 3 aromatic carbocycles. The minimum Gasteiger partial charge on any atom is -0.490 e. The van der Waals surface area contributed by atoms with Gasteiger partial charge in [0.1, 0.15) is 0 Å². The van der Waals surface area contributed by atoms with E-state index >= 15 is 0 Å². The van der Waals surface area contributed by atoms with Crippen LogP contribution in [0, 0.1) is 0 Å². The first kappa shape index (κ1) is 22.1. The number of rotatable bonds is 5. The van der Waals surface area contributed by atoms with E-state index in [-0.39, 0.29) is 11.3 Å². The van der Waals surface area contributed by atoms with Crippen molar-refractivity contribution in [3.8, 4) is 17.2 Å². The van der Waals surface area contributed by atoms with E-state index in [0.717, 1.165) is 11.1 Å². The van der Waals surface area contributed by atoms with Crippen molar-refractivity contribution in [2.24, 2.45) is 0 Å². The summed E-state index contributed by atoms with van der Waals surface area (Å²) in [6.07, 6.45) is 0.770. The third-order valence-electron chi connectivity index (χ3n) is 5.36. The highest BCUT2D eigenvalue weighted by Crippen LogP contribution is 2.32. The van der Waals surface area contributed by atoms with Crippen molar-refractivity contribution in [3.63, 3.8) is 0 Å². The van der Waals surface area contributed by atoms with Crippen LogP contribution in [0.4, 0.5) is 5.69 Å². The number of esters is 1. The van der Waals surface area contributed by atoms with E-state index in [9.17, 15) is 14.4 Å². The molecule has 1 N–H and O–H groups in total. The molecule has 1 aromatic heterocycles. The van der Waals surface area contributed by atoms with E-state index in [2.05, 4.69) is 10.4 Å². The van der Waals surface area contributed by atoms with Crippen LogP contribution >= 0.6 is 0 Å². The molecule has 0 atom stereocenters. The second kappa shape index (κ2) is 9.68. The average molecular weight is 471 g/mol. The summed E-state index contributed by atoms with van der Waals surface area (Å²) in [4.78, 5) is 38.3. The van der Waals surface area contributed by atoms with Crippen molar-refractivity contribution in [3.05, 3.63) is 88.8 Å². The normalized spacial score (nSPS) is 12.6. The first-order valence-corrected chi connectivity index (χ1v) is 11.0. The van der Waals surface area contributed by atoms with Crippen molar-refractivity contribution in [1.82, 2.24) is 9.78 Å². The molecule has 35 heavy (non-hydrogen) atoms. The molecule has 4 aromatic rings. The van der Waals surface area contributed by atoms with Crippen LogP contribution in [-0.4, -0.2) is 41.5 Å². The highest BCUT2D eigenvalue weighted by molar-refractivity contribution is 6.03. The Morgan fingerprint density at radius 2 is 1.63 bits per heavy atom. The summed E-state index contributed by atoms with van der Waals surface area (Å²) in [5, 5.41) is 7.59. The zero-order valence-corrected chi connectivity index (χ0v) is 18.6. The molecular formula is C26H21N3O6. The Balaban J connectivity index is 1.34. The Labute approximate surface area is 199 Å². The number of nitrogens with zero attached hydrogens (tertiary/aromatic N) is 2. The van der Waals surface area contributed by atoms with Gasteiger partial charge in [0, 0.05) is 23.6 Å². The van der Waals surface area contributed by atoms with Crippen molar-refractivity contribution < 1.29 is 23.8 Å². The van der Waals surface area contributed by atoms with Gasteiger partial charge in [0.15, 0.2) is 23.8 Å². The van der Waals surface area contributed by atoms with Gasteiger partial charge in [0.25, 0.3) is 11.5 Å². The molecule has 0 saturated carbocycles. The molecule has 1 aliphatic heterocycles. The van der Waals surface area contributed by atoms with Gasteiger partial charge >= 0.3 is 5.97 Å². The van der Waals surface area contributed by atoms with Crippen LogP contribution in [0.2, 0.25) is 0 Å². The predicted molar refractivity (Wildman–Crippen MR) is 128 cm³/mol. The van der Waals surface area contributed by atoms with Crippen molar-refractivity contribution in [2.45, 2.75) is 6.42 Å². The predicted octanol–water partition coefficient (Wildman–Crippen LogP) is 3.34.